The van der Waals surface area contributed by atoms with Crippen molar-refractivity contribution in [3.8, 4) is 5.69 Å². The van der Waals surface area contributed by atoms with Gasteiger partial charge in [0.1, 0.15) is 11.8 Å². The van der Waals surface area contributed by atoms with E-state index in [9.17, 15) is 14.0 Å². The Kier molecular flexibility index (Phi) is 6.47. The first-order chi connectivity index (χ1) is 15.0. The van der Waals surface area contributed by atoms with E-state index in [1.807, 2.05) is 0 Å². The van der Waals surface area contributed by atoms with Crippen molar-refractivity contribution in [1.29, 1.82) is 0 Å². The van der Waals surface area contributed by atoms with E-state index in [1.54, 1.807) is 24.5 Å². The molecule has 2 atom stereocenters. The van der Waals surface area contributed by atoms with Gasteiger partial charge in [-0.2, -0.15) is 5.10 Å². The van der Waals surface area contributed by atoms with Crippen LogP contribution in [-0.4, -0.2) is 53.9 Å². The standard InChI is InChI=1S/C21H25FN4O5/c1-14(27)23-10-17-12-25(21(28)31-17)16-5-6-19(18(22)8-16)26-11-15(9-24-26)13-30-20-4-2-3-7-29-20/h5-6,8-9,11,17,20H,2-4,7,10,12-13H2,1H3,(H,23,27). The van der Waals surface area contributed by atoms with E-state index in [4.69, 9.17) is 14.2 Å². The van der Waals surface area contributed by atoms with Crippen LogP contribution in [0.3, 0.4) is 0 Å². The molecule has 1 aromatic heterocycles. The largest absolute Gasteiger partial charge is 0.442 e. The summed E-state index contributed by atoms with van der Waals surface area (Å²) in [6, 6.07) is 4.46. The lowest BCUT2D eigenvalue weighted by molar-refractivity contribution is -0.168. The molecule has 2 aromatic rings. The second-order valence-electron chi connectivity index (χ2n) is 7.59. The lowest BCUT2D eigenvalue weighted by Crippen LogP contribution is -2.33. The van der Waals surface area contributed by atoms with Gasteiger partial charge in [-0.1, -0.05) is 0 Å². The summed E-state index contributed by atoms with van der Waals surface area (Å²) < 4.78 is 32.7. The first-order valence-electron chi connectivity index (χ1n) is 10.3. The number of amides is 2. The summed E-state index contributed by atoms with van der Waals surface area (Å²) in [7, 11) is 0. The number of hydrogen-bond acceptors (Lipinski definition) is 6. The molecule has 9 nitrogen and oxygen atoms in total. The van der Waals surface area contributed by atoms with Gasteiger partial charge in [0.2, 0.25) is 5.91 Å². The molecule has 0 spiro atoms. The van der Waals surface area contributed by atoms with Gasteiger partial charge in [0.05, 0.1) is 31.6 Å². The molecular weight excluding hydrogens is 407 g/mol. The van der Waals surface area contributed by atoms with E-state index < -0.39 is 18.0 Å². The van der Waals surface area contributed by atoms with Gasteiger partial charge in [-0.05, 0) is 37.5 Å². The van der Waals surface area contributed by atoms with E-state index in [-0.39, 0.29) is 31.0 Å². The molecular formula is C21H25FN4O5. The van der Waals surface area contributed by atoms with Crippen molar-refractivity contribution in [2.75, 3.05) is 24.6 Å². The molecule has 0 aliphatic carbocycles. The van der Waals surface area contributed by atoms with Crippen LogP contribution in [0.15, 0.2) is 30.6 Å². The number of rotatable bonds is 7. The minimum absolute atomic E-state index is 0.206. The third-order valence-electron chi connectivity index (χ3n) is 5.15. The summed E-state index contributed by atoms with van der Waals surface area (Å²) in [5.41, 5.74) is 1.44. The highest BCUT2D eigenvalue weighted by Gasteiger charge is 2.32. The van der Waals surface area contributed by atoms with Gasteiger partial charge in [-0.3, -0.25) is 9.69 Å². The second kappa shape index (κ2) is 9.44. The van der Waals surface area contributed by atoms with E-state index in [0.717, 1.165) is 24.8 Å². The molecule has 2 saturated heterocycles. The highest BCUT2D eigenvalue weighted by molar-refractivity contribution is 5.90. The van der Waals surface area contributed by atoms with Crippen molar-refractivity contribution in [1.82, 2.24) is 15.1 Å². The molecule has 1 aromatic carbocycles. The van der Waals surface area contributed by atoms with Crippen LogP contribution in [0.5, 0.6) is 0 Å². The van der Waals surface area contributed by atoms with Gasteiger partial charge in [-0.25, -0.2) is 13.9 Å². The number of anilines is 1. The van der Waals surface area contributed by atoms with Crippen LogP contribution in [0.25, 0.3) is 5.69 Å². The van der Waals surface area contributed by atoms with Crippen molar-refractivity contribution in [2.45, 2.75) is 45.2 Å². The molecule has 2 amide bonds. The van der Waals surface area contributed by atoms with E-state index in [1.165, 1.54) is 22.6 Å². The molecule has 0 saturated carbocycles. The van der Waals surface area contributed by atoms with Gasteiger partial charge in [0.15, 0.2) is 12.1 Å². The van der Waals surface area contributed by atoms with Gasteiger partial charge >= 0.3 is 6.09 Å². The van der Waals surface area contributed by atoms with Crippen molar-refractivity contribution < 1.29 is 28.2 Å². The fraction of sp³-hybridized carbons (Fsp3) is 0.476. The molecule has 2 aliphatic heterocycles. The van der Waals surface area contributed by atoms with E-state index in [0.29, 0.717) is 18.9 Å². The zero-order chi connectivity index (χ0) is 21.8. The van der Waals surface area contributed by atoms with Crippen LogP contribution in [0, 0.1) is 5.82 Å². The fourth-order valence-corrected chi connectivity index (χ4v) is 3.54. The Morgan fingerprint density at radius 1 is 1.39 bits per heavy atom. The topological polar surface area (TPSA) is 94.9 Å². The minimum Gasteiger partial charge on any atom is -0.442 e. The highest BCUT2D eigenvalue weighted by atomic mass is 19.1. The Labute approximate surface area is 179 Å². The molecule has 0 bridgehead atoms. The summed E-state index contributed by atoms with van der Waals surface area (Å²) in [5, 5.41) is 6.83. The first kappa shape index (κ1) is 21.3. The predicted molar refractivity (Wildman–Crippen MR) is 108 cm³/mol. The maximum absolute atomic E-state index is 14.8. The zero-order valence-electron chi connectivity index (χ0n) is 17.3. The molecule has 2 aliphatic rings. The quantitative estimate of drug-likeness (QED) is 0.723. The van der Waals surface area contributed by atoms with Gasteiger partial charge < -0.3 is 19.5 Å². The Balaban J connectivity index is 1.39. The smallest absolute Gasteiger partial charge is 0.414 e. The van der Waals surface area contributed by atoms with Crippen molar-refractivity contribution in [3.63, 3.8) is 0 Å². The molecule has 4 rings (SSSR count). The minimum atomic E-state index is -0.578. The number of hydrogen-bond donors (Lipinski definition) is 1. The number of halogens is 1. The number of nitrogens with one attached hydrogen (secondary N) is 1. The van der Waals surface area contributed by atoms with Gasteiger partial charge in [0, 0.05) is 25.3 Å². The maximum Gasteiger partial charge on any atom is 0.414 e. The molecule has 166 valence electrons. The summed E-state index contributed by atoms with van der Waals surface area (Å²) in [4.78, 5) is 24.5. The lowest BCUT2D eigenvalue weighted by atomic mass is 10.2. The number of aromatic nitrogens is 2. The third kappa shape index (κ3) is 5.20. The van der Waals surface area contributed by atoms with Gasteiger partial charge in [0.25, 0.3) is 0 Å². The Bertz CT molecular complexity index is 944. The second-order valence-corrected chi connectivity index (χ2v) is 7.59. The van der Waals surface area contributed by atoms with E-state index in [2.05, 4.69) is 10.4 Å². The fourth-order valence-electron chi connectivity index (χ4n) is 3.54. The number of ether oxygens (including phenoxy) is 3. The summed E-state index contributed by atoms with van der Waals surface area (Å²) in [6.45, 7) is 2.87. The van der Waals surface area contributed by atoms with Crippen LogP contribution in [-0.2, 0) is 25.6 Å². The molecule has 0 radical (unpaired) electrons. The van der Waals surface area contributed by atoms with Gasteiger partial charge in [-0.15, -0.1) is 0 Å². The van der Waals surface area contributed by atoms with Crippen LogP contribution in [0.4, 0.5) is 14.9 Å². The van der Waals surface area contributed by atoms with Crippen LogP contribution < -0.4 is 10.2 Å². The number of carbonyl (C=O) groups excluding carboxylic acids is 2. The normalized spacial score (nSPS) is 21.2. The van der Waals surface area contributed by atoms with Crippen LogP contribution in [0.2, 0.25) is 0 Å². The molecule has 3 heterocycles. The SMILES string of the molecule is CC(=O)NCC1CN(c2ccc(-n3cc(COC4CCCCO4)cn3)c(F)c2)C(=O)O1. The summed E-state index contributed by atoms with van der Waals surface area (Å²) in [5.74, 6) is -0.734. The summed E-state index contributed by atoms with van der Waals surface area (Å²) in [6.07, 6.45) is 5.07. The lowest BCUT2D eigenvalue weighted by Gasteiger charge is -2.22. The molecule has 1 N–H and O–H groups in total. The van der Waals surface area contributed by atoms with Crippen molar-refractivity contribution in [3.05, 3.63) is 42.0 Å². The molecule has 2 fully saturated rings. The number of benzene rings is 1. The number of cyclic esters (lactones) is 1. The zero-order valence-corrected chi connectivity index (χ0v) is 17.3. The average molecular weight is 432 g/mol. The maximum atomic E-state index is 14.8. The number of nitrogens with zero attached hydrogens (tertiary/aromatic N) is 3. The third-order valence-corrected chi connectivity index (χ3v) is 5.15. The first-order valence-corrected chi connectivity index (χ1v) is 10.3. The highest BCUT2D eigenvalue weighted by Crippen LogP contribution is 2.25. The Hall–Kier alpha value is -2.98. The molecule has 10 heteroatoms. The monoisotopic (exact) mass is 432 g/mol. The number of carbonyl (C=O) groups is 2. The Morgan fingerprint density at radius 3 is 3.00 bits per heavy atom. The van der Waals surface area contributed by atoms with Crippen molar-refractivity contribution >= 4 is 17.7 Å². The Morgan fingerprint density at radius 2 is 2.26 bits per heavy atom. The van der Waals surface area contributed by atoms with Crippen LogP contribution in [0.1, 0.15) is 31.7 Å². The van der Waals surface area contributed by atoms with E-state index >= 15 is 0 Å². The average Bonchev–Trinajstić information content (AvgIpc) is 3.38. The summed E-state index contributed by atoms with van der Waals surface area (Å²) >= 11 is 0. The van der Waals surface area contributed by atoms with Crippen molar-refractivity contribution in [2.24, 2.45) is 0 Å². The molecule has 31 heavy (non-hydrogen) atoms. The predicted octanol–water partition coefficient (Wildman–Crippen LogP) is 2.52. The molecule has 2 unspecified atom stereocenters. The van der Waals surface area contributed by atoms with Crippen LogP contribution >= 0.6 is 0 Å².